The van der Waals surface area contributed by atoms with Gasteiger partial charge in [0.2, 0.25) is 0 Å². The monoisotopic (exact) mass is 526 g/mol. The minimum atomic E-state index is -1.44. The maximum Gasteiger partial charge on any atom is 0.513 e. The molecule has 3 aromatic rings. The molecule has 1 N–H and O–H groups in total. The minimum Gasteiger partial charge on any atom is -0.449 e. The number of carbonyl (C=O) groups is 2. The third kappa shape index (κ3) is 4.46. The summed E-state index contributed by atoms with van der Waals surface area (Å²) in [5.41, 5.74) is 1.75. The number of rotatable bonds is 3. The molecule has 0 aliphatic carbocycles. The molecule has 31 heavy (non-hydrogen) atoms. The molecule has 1 aliphatic rings. The van der Waals surface area contributed by atoms with Gasteiger partial charge in [-0.1, -0.05) is 29.3 Å². The smallest absolute Gasteiger partial charge is 0.449 e. The highest BCUT2D eigenvalue weighted by Crippen LogP contribution is 2.38. The van der Waals surface area contributed by atoms with E-state index in [1.807, 2.05) is 6.07 Å². The van der Waals surface area contributed by atoms with Crippen molar-refractivity contribution in [3.05, 3.63) is 56.5 Å². The first-order valence-electron chi connectivity index (χ1n) is 9.46. The van der Waals surface area contributed by atoms with Crippen molar-refractivity contribution in [2.45, 2.75) is 6.42 Å². The molecule has 1 aliphatic heterocycles. The fourth-order valence-corrected chi connectivity index (χ4v) is 4.90. The number of benzene rings is 2. The van der Waals surface area contributed by atoms with Crippen LogP contribution >= 0.6 is 39.1 Å². The van der Waals surface area contributed by atoms with Gasteiger partial charge in [-0.2, -0.15) is 0 Å². The maximum atomic E-state index is 13.0. The molecule has 7 nitrogen and oxygen atoms in total. The van der Waals surface area contributed by atoms with Crippen LogP contribution < -0.4 is 9.64 Å². The maximum absolute atomic E-state index is 13.0. The van der Waals surface area contributed by atoms with Crippen LogP contribution in [-0.4, -0.2) is 48.2 Å². The first kappa shape index (κ1) is 21.8. The molecule has 1 aromatic heterocycles. The number of hydrogen-bond donors (Lipinski definition) is 1. The molecule has 0 saturated carbocycles. The highest BCUT2D eigenvalue weighted by molar-refractivity contribution is 9.10. The van der Waals surface area contributed by atoms with Crippen LogP contribution in [0.1, 0.15) is 16.8 Å². The second-order valence-electron chi connectivity index (χ2n) is 6.97. The lowest BCUT2D eigenvalue weighted by atomic mass is 10.2. The first-order valence-corrected chi connectivity index (χ1v) is 11.0. The van der Waals surface area contributed by atoms with Crippen molar-refractivity contribution in [3.63, 3.8) is 0 Å². The predicted molar refractivity (Wildman–Crippen MR) is 122 cm³/mol. The number of fused-ring (bicyclic) bond motifs is 1. The highest BCUT2D eigenvalue weighted by Gasteiger charge is 2.25. The van der Waals surface area contributed by atoms with E-state index in [-0.39, 0.29) is 11.9 Å². The number of amides is 1. The summed E-state index contributed by atoms with van der Waals surface area (Å²) in [6.45, 7) is 2.43. The molecular weight excluding hydrogens is 511 g/mol. The van der Waals surface area contributed by atoms with Gasteiger partial charge in [0.1, 0.15) is 5.58 Å². The number of carboxylic acid groups (broad SMARTS) is 1. The van der Waals surface area contributed by atoms with Gasteiger partial charge >= 0.3 is 6.16 Å². The molecule has 162 valence electrons. The van der Waals surface area contributed by atoms with Gasteiger partial charge in [0.25, 0.3) is 11.9 Å². The third-order valence-electron chi connectivity index (χ3n) is 5.08. The zero-order chi connectivity index (χ0) is 22.1. The van der Waals surface area contributed by atoms with Crippen molar-refractivity contribution in [1.82, 2.24) is 4.90 Å². The molecule has 0 unspecified atom stereocenters. The molecule has 4 rings (SSSR count). The lowest BCUT2D eigenvalue weighted by molar-refractivity contribution is 0.0767. The van der Waals surface area contributed by atoms with Crippen LogP contribution in [-0.2, 0) is 0 Å². The Hall–Kier alpha value is -2.42. The van der Waals surface area contributed by atoms with Gasteiger partial charge in [0, 0.05) is 37.6 Å². The molecule has 10 heteroatoms. The van der Waals surface area contributed by atoms with E-state index < -0.39 is 6.16 Å². The second-order valence-corrected chi connectivity index (χ2v) is 8.58. The summed E-state index contributed by atoms with van der Waals surface area (Å²) in [5, 5.41) is 10.2. The van der Waals surface area contributed by atoms with E-state index >= 15 is 0 Å². The summed E-state index contributed by atoms with van der Waals surface area (Å²) >= 11 is 16.0. The Morgan fingerprint density at radius 2 is 1.81 bits per heavy atom. The fraction of sp³-hybridized carbons (Fsp3) is 0.238. The van der Waals surface area contributed by atoms with Crippen molar-refractivity contribution in [2.24, 2.45) is 0 Å². The lowest BCUT2D eigenvalue weighted by Gasteiger charge is -2.25. The summed E-state index contributed by atoms with van der Waals surface area (Å²) in [6.07, 6.45) is -0.678. The predicted octanol–water partition coefficient (Wildman–Crippen LogP) is 5.91. The number of nitrogens with zero attached hydrogens (tertiary/aromatic N) is 2. The molecule has 0 bridgehead atoms. The normalized spacial score (nSPS) is 14.5. The van der Waals surface area contributed by atoms with Gasteiger partial charge in [-0.3, -0.25) is 4.79 Å². The second kappa shape index (κ2) is 8.98. The van der Waals surface area contributed by atoms with E-state index in [4.69, 9.17) is 32.7 Å². The topological polar surface area (TPSA) is 83.2 Å². The van der Waals surface area contributed by atoms with Crippen molar-refractivity contribution < 1.29 is 23.8 Å². The molecule has 0 spiro atoms. The number of anilines is 1. The molecule has 0 radical (unpaired) electrons. The van der Waals surface area contributed by atoms with Crippen LogP contribution in [0.2, 0.25) is 10.0 Å². The van der Waals surface area contributed by atoms with Crippen molar-refractivity contribution in [3.8, 4) is 5.95 Å². The lowest BCUT2D eigenvalue weighted by Crippen LogP contribution is -2.35. The number of furan rings is 1. The van der Waals surface area contributed by atoms with Gasteiger partial charge in [0.05, 0.1) is 25.8 Å². The van der Waals surface area contributed by atoms with E-state index in [1.165, 1.54) is 6.07 Å². The summed E-state index contributed by atoms with van der Waals surface area (Å²) in [5.74, 6) is -0.276. The van der Waals surface area contributed by atoms with Gasteiger partial charge in [-0.15, -0.1) is 0 Å². The van der Waals surface area contributed by atoms with Gasteiger partial charge in [0.15, 0.2) is 0 Å². The average Bonchev–Trinajstić information content (AvgIpc) is 2.96. The Labute approximate surface area is 196 Å². The number of carbonyl (C=O) groups excluding carboxylic acids is 1. The van der Waals surface area contributed by atoms with Gasteiger partial charge in [-0.25, -0.2) is 4.79 Å². The summed E-state index contributed by atoms with van der Waals surface area (Å²) in [4.78, 5) is 27.7. The van der Waals surface area contributed by atoms with Crippen LogP contribution in [0.4, 0.5) is 10.5 Å². The largest absolute Gasteiger partial charge is 0.513 e. The quantitative estimate of drug-likeness (QED) is 0.426. The zero-order valence-corrected chi connectivity index (χ0v) is 19.2. The van der Waals surface area contributed by atoms with Crippen molar-refractivity contribution in [2.75, 3.05) is 31.1 Å². The number of ether oxygens (including phenoxy) is 1. The van der Waals surface area contributed by atoms with Gasteiger partial charge < -0.3 is 24.1 Å². The Kier molecular flexibility index (Phi) is 6.31. The van der Waals surface area contributed by atoms with E-state index in [9.17, 15) is 9.59 Å². The summed E-state index contributed by atoms with van der Waals surface area (Å²) < 4.78 is 10.8. The Bertz CT molecular complexity index is 1150. The third-order valence-corrected chi connectivity index (χ3v) is 6.54. The van der Waals surface area contributed by atoms with Crippen LogP contribution in [0.25, 0.3) is 11.0 Å². The van der Waals surface area contributed by atoms with E-state index in [0.29, 0.717) is 46.2 Å². The Balaban J connectivity index is 1.55. The average molecular weight is 528 g/mol. The molecule has 1 fully saturated rings. The van der Waals surface area contributed by atoms with E-state index in [2.05, 4.69) is 25.6 Å². The van der Waals surface area contributed by atoms with Crippen LogP contribution in [0, 0.1) is 0 Å². The standard InChI is InChI=1S/C21H17BrCl2N2O5/c22-19-12-11-17(31-21(28)29)30-16(12)6-5-15(19)25-7-2-8-26(10-9-25)20(27)18-13(23)3-1-4-14(18)24/h1,3-6,11H,2,7-10H2,(H,28,29). The first-order chi connectivity index (χ1) is 14.8. The zero-order valence-electron chi connectivity index (χ0n) is 16.1. The van der Waals surface area contributed by atoms with E-state index in [0.717, 1.165) is 23.1 Å². The Morgan fingerprint density at radius 1 is 1.06 bits per heavy atom. The van der Waals surface area contributed by atoms with Crippen molar-refractivity contribution in [1.29, 1.82) is 0 Å². The fourth-order valence-electron chi connectivity index (χ4n) is 3.65. The molecule has 1 saturated heterocycles. The Morgan fingerprint density at radius 3 is 2.52 bits per heavy atom. The highest BCUT2D eigenvalue weighted by atomic mass is 79.9. The summed E-state index contributed by atoms with van der Waals surface area (Å²) in [7, 11) is 0. The minimum absolute atomic E-state index is 0.0930. The van der Waals surface area contributed by atoms with Gasteiger partial charge in [-0.05, 0) is 46.6 Å². The molecular formula is C21H17BrCl2N2O5. The number of halogens is 3. The van der Waals surface area contributed by atoms with Crippen LogP contribution in [0.5, 0.6) is 5.95 Å². The number of hydrogen-bond acceptors (Lipinski definition) is 5. The van der Waals surface area contributed by atoms with Crippen molar-refractivity contribution >= 4 is 67.9 Å². The SMILES string of the molecule is O=C(O)Oc1cc2c(Br)c(N3CCCN(C(=O)c4c(Cl)cccc4Cl)CC3)ccc2o1. The molecule has 2 heterocycles. The summed E-state index contributed by atoms with van der Waals surface area (Å²) in [6, 6.07) is 10.2. The molecule has 0 atom stereocenters. The van der Waals surface area contributed by atoms with E-state index in [1.54, 1.807) is 29.2 Å². The van der Waals surface area contributed by atoms with Crippen LogP contribution in [0.3, 0.4) is 0 Å². The molecule has 2 aromatic carbocycles. The molecule has 1 amide bonds. The van der Waals surface area contributed by atoms with Crippen LogP contribution in [0.15, 0.2) is 45.3 Å².